The van der Waals surface area contributed by atoms with E-state index in [-0.39, 0.29) is 5.97 Å². The van der Waals surface area contributed by atoms with Crippen molar-refractivity contribution >= 4 is 12.1 Å². The van der Waals surface area contributed by atoms with Gasteiger partial charge < -0.3 is 9.47 Å². The van der Waals surface area contributed by atoms with Crippen molar-refractivity contribution in [2.75, 3.05) is 20.3 Å². The summed E-state index contributed by atoms with van der Waals surface area (Å²) < 4.78 is 10.4. The van der Waals surface area contributed by atoms with Gasteiger partial charge in [0.2, 0.25) is 0 Å². The van der Waals surface area contributed by atoms with Gasteiger partial charge in [0.15, 0.2) is 0 Å². The van der Waals surface area contributed by atoms with Crippen molar-refractivity contribution in [3.05, 3.63) is 0 Å². The first-order chi connectivity index (χ1) is 15.0. The van der Waals surface area contributed by atoms with Crippen LogP contribution in [0.25, 0.3) is 0 Å². The molecule has 0 saturated carbocycles. The predicted octanol–water partition coefficient (Wildman–Crippen LogP) is 7.66. The Kier molecular flexibility index (Phi) is 21.1. The maximum atomic E-state index is 12.1. The molecule has 184 valence electrons. The fourth-order valence-corrected chi connectivity index (χ4v) is 3.55. The lowest BCUT2D eigenvalue weighted by Gasteiger charge is -2.22. The van der Waals surface area contributed by atoms with E-state index in [1.54, 1.807) is 14.0 Å². The molecule has 0 aromatic heterocycles. The summed E-state index contributed by atoms with van der Waals surface area (Å²) in [6.45, 7) is 6.67. The molecule has 1 amide bonds. The van der Waals surface area contributed by atoms with Gasteiger partial charge in [-0.15, -0.1) is 0 Å². The van der Waals surface area contributed by atoms with Crippen molar-refractivity contribution in [2.45, 2.75) is 136 Å². The summed E-state index contributed by atoms with van der Waals surface area (Å²) in [5.41, 5.74) is 0. The highest BCUT2D eigenvalue weighted by atomic mass is 16.6. The van der Waals surface area contributed by atoms with Crippen LogP contribution >= 0.6 is 0 Å². The van der Waals surface area contributed by atoms with Crippen LogP contribution in [0.5, 0.6) is 0 Å². The molecular formula is C26H51NO4. The van der Waals surface area contributed by atoms with Crippen molar-refractivity contribution in [3.8, 4) is 0 Å². The molecule has 0 heterocycles. The molecule has 5 nitrogen and oxygen atoms in total. The number of nitrogens with zero attached hydrogens (tertiary/aromatic N) is 1. The van der Waals surface area contributed by atoms with E-state index in [9.17, 15) is 9.59 Å². The molecular weight excluding hydrogens is 390 g/mol. The quantitative estimate of drug-likeness (QED) is 0.135. The molecule has 0 aromatic rings. The number of hydrogen-bond acceptors (Lipinski definition) is 4. The largest absolute Gasteiger partial charge is 0.464 e. The number of esters is 1. The Balaban J connectivity index is 3.42. The highest BCUT2D eigenvalue weighted by Gasteiger charge is 2.24. The van der Waals surface area contributed by atoms with Crippen LogP contribution in [0, 0.1) is 0 Å². The summed E-state index contributed by atoms with van der Waals surface area (Å²) in [6.07, 6.45) is 21.4. The number of unbranched alkanes of at least 4 members (excludes halogenated alkanes) is 15. The Morgan fingerprint density at radius 2 is 1.03 bits per heavy atom. The normalized spacial score (nSPS) is 11.9. The van der Waals surface area contributed by atoms with Gasteiger partial charge in [-0.05, 0) is 19.8 Å². The SMILES string of the molecule is CCCCCCCCCCCCCCCCCCOC(=O)C(C)N(C)C(=O)OCCC. The van der Waals surface area contributed by atoms with Gasteiger partial charge in [-0.25, -0.2) is 9.59 Å². The van der Waals surface area contributed by atoms with Gasteiger partial charge in [-0.2, -0.15) is 0 Å². The van der Waals surface area contributed by atoms with Crippen molar-refractivity contribution < 1.29 is 19.1 Å². The molecule has 0 fully saturated rings. The lowest BCUT2D eigenvalue weighted by molar-refractivity contribution is -0.148. The van der Waals surface area contributed by atoms with Gasteiger partial charge in [0.25, 0.3) is 0 Å². The second kappa shape index (κ2) is 22.0. The van der Waals surface area contributed by atoms with Crippen molar-refractivity contribution in [1.29, 1.82) is 0 Å². The second-order valence-electron chi connectivity index (χ2n) is 8.87. The molecule has 5 heteroatoms. The summed E-state index contributed by atoms with van der Waals surface area (Å²) in [5.74, 6) is -0.364. The van der Waals surface area contributed by atoms with Gasteiger partial charge >= 0.3 is 12.1 Å². The third-order valence-electron chi connectivity index (χ3n) is 5.88. The highest BCUT2D eigenvalue weighted by molar-refractivity contribution is 5.80. The maximum absolute atomic E-state index is 12.1. The standard InChI is InChI=1S/C26H51NO4/c1-5-7-8-9-10-11-12-13-14-15-16-17-18-19-20-21-23-30-25(28)24(3)27(4)26(29)31-22-6-2/h24H,5-23H2,1-4H3. The smallest absolute Gasteiger partial charge is 0.410 e. The Bertz CT molecular complexity index is 428. The van der Waals surface area contributed by atoms with E-state index in [1.165, 1.54) is 94.8 Å². The molecule has 0 aliphatic heterocycles. The van der Waals surface area contributed by atoms with Gasteiger partial charge in [0.1, 0.15) is 6.04 Å². The third-order valence-corrected chi connectivity index (χ3v) is 5.88. The molecule has 0 radical (unpaired) electrons. The molecule has 1 atom stereocenters. The molecule has 0 saturated heterocycles. The number of carbonyl (C=O) groups is 2. The molecule has 0 aromatic carbocycles. The molecule has 0 spiro atoms. The topological polar surface area (TPSA) is 55.8 Å². The number of amides is 1. The van der Waals surface area contributed by atoms with E-state index < -0.39 is 12.1 Å². The van der Waals surface area contributed by atoms with Crippen LogP contribution in [0.15, 0.2) is 0 Å². The minimum absolute atomic E-state index is 0.364. The van der Waals surface area contributed by atoms with E-state index in [1.807, 2.05) is 6.92 Å². The van der Waals surface area contributed by atoms with Crippen LogP contribution in [0.3, 0.4) is 0 Å². The molecule has 0 aliphatic carbocycles. The summed E-state index contributed by atoms with van der Waals surface area (Å²) in [7, 11) is 1.57. The van der Waals surface area contributed by atoms with Gasteiger partial charge in [-0.3, -0.25) is 4.90 Å². The van der Waals surface area contributed by atoms with E-state index in [2.05, 4.69) is 6.92 Å². The van der Waals surface area contributed by atoms with Crippen molar-refractivity contribution in [1.82, 2.24) is 4.90 Å². The van der Waals surface area contributed by atoms with Crippen LogP contribution in [0.1, 0.15) is 130 Å². The van der Waals surface area contributed by atoms with E-state index in [4.69, 9.17) is 9.47 Å². The average Bonchev–Trinajstić information content (AvgIpc) is 2.78. The molecule has 1 unspecified atom stereocenters. The molecule has 0 aliphatic rings. The average molecular weight is 442 g/mol. The Morgan fingerprint density at radius 3 is 1.45 bits per heavy atom. The zero-order valence-corrected chi connectivity index (χ0v) is 21.1. The fourth-order valence-electron chi connectivity index (χ4n) is 3.55. The van der Waals surface area contributed by atoms with Crippen LogP contribution in [0.2, 0.25) is 0 Å². The maximum Gasteiger partial charge on any atom is 0.410 e. The first-order valence-corrected chi connectivity index (χ1v) is 13.1. The van der Waals surface area contributed by atoms with E-state index in [0.29, 0.717) is 13.2 Å². The minimum atomic E-state index is -0.620. The van der Waals surface area contributed by atoms with Crippen molar-refractivity contribution in [2.24, 2.45) is 0 Å². The molecule has 0 rings (SSSR count). The molecule has 31 heavy (non-hydrogen) atoms. The summed E-state index contributed by atoms with van der Waals surface area (Å²) in [6, 6.07) is -0.620. The van der Waals surface area contributed by atoms with Gasteiger partial charge in [0.05, 0.1) is 13.2 Å². The number of rotatable bonds is 21. The van der Waals surface area contributed by atoms with Crippen LogP contribution in [-0.2, 0) is 14.3 Å². The van der Waals surface area contributed by atoms with E-state index in [0.717, 1.165) is 19.3 Å². The highest BCUT2D eigenvalue weighted by Crippen LogP contribution is 2.14. The molecule has 0 bridgehead atoms. The van der Waals surface area contributed by atoms with Gasteiger partial charge in [0, 0.05) is 7.05 Å². The van der Waals surface area contributed by atoms with E-state index >= 15 is 0 Å². The number of hydrogen-bond donors (Lipinski definition) is 0. The zero-order chi connectivity index (χ0) is 23.2. The molecule has 0 N–H and O–H groups in total. The Labute approximate surface area is 192 Å². The van der Waals surface area contributed by atoms with Crippen molar-refractivity contribution in [3.63, 3.8) is 0 Å². The summed E-state index contributed by atoms with van der Waals surface area (Å²) in [5, 5.41) is 0. The number of ether oxygens (including phenoxy) is 2. The fraction of sp³-hybridized carbons (Fsp3) is 0.923. The lowest BCUT2D eigenvalue weighted by Crippen LogP contribution is -2.41. The second-order valence-corrected chi connectivity index (χ2v) is 8.87. The van der Waals surface area contributed by atoms with Crippen LogP contribution in [0.4, 0.5) is 4.79 Å². The predicted molar refractivity (Wildman–Crippen MR) is 129 cm³/mol. The number of likely N-dealkylation sites (N-methyl/N-ethyl adjacent to an activating group) is 1. The zero-order valence-electron chi connectivity index (χ0n) is 21.1. The first kappa shape index (κ1) is 29.7. The van der Waals surface area contributed by atoms with Gasteiger partial charge in [-0.1, -0.05) is 110 Å². The minimum Gasteiger partial charge on any atom is -0.464 e. The summed E-state index contributed by atoms with van der Waals surface area (Å²) in [4.78, 5) is 25.1. The number of carbonyl (C=O) groups excluding carboxylic acids is 2. The Hall–Kier alpha value is -1.26. The Morgan fingerprint density at radius 1 is 0.613 bits per heavy atom. The third kappa shape index (κ3) is 18.1. The van der Waals surface area contributed by atoms with Crippen LogP contribution < -0.4 is 0 Å². The first-order valence-electron chi connectivity index (χ1n) is 13.1. The van der Waals surface area contributed by atoms with Crippen LogP contribution in [-0.4, -0.2) is 43.3 Å². The summed E-state index contributed by atoms with van der Waals surface area (Å²) >= 11 is 0. The monoisotopic (exact) mass is 441 g/mol. The lowest BCUT2D eigenvalue weighted by atomic mass is 10.0.